The molecule has 0 bridgehead atoms. The molecule has 0 saturated carbocycles. The number of para-hydroxylation sites is 2. The summed E-state index contributed by atoms with van der Waals surface area (Å²) in [7, 11) is -2.13. The molecule has 2 amide bonds. The van der Waals surface area contributed by atoms with Gasteiger partial charge >= 0.3 is 0 Å². The van der Waals surface area contributed by atoms with Crippen LogP contribution in [0.2, 0.25) is 0 Å². The number of carbonyl (C=O) groups excluding carboxylic acids is 2. The molecule has 8 nitrogen and oxygen atoms in total. The van der Waals surface area contributed by atoms with Gasteiger partial charge in [-0.05, 0) is 58.7 Å². The number of aryl methyl sites for hydroxylation is 1. The summed E-state index contributed by atoms with van der Waals surface area (Å²) in [6, 6.07) is 14.0. The van der Waals surface area contributed by atoms with E-state index in [1.54, 1.807) is 36.1 Å². The largest absolute Gasteiger partial charge is 0.495 e. The average Bonchev–Trinajstić information content (AvgIpc) is 2.78. The first kappa shape index (κ1) is 29.2. The molecular weight excluding hydrogens is 478 g/mol. The predicted octanol–water partition coefficient (Wildman–Crippen LogP) is 3.88. The molecule has 2 aromatic carbocycles. The first-order valence-corrected chi connectivity index (χ1v) is 13.9. The van der Waals surface area contributed by atoms with Crippen LogP contribution >= 0.6 is 0 Å². The Balaban J connectivity index is 2.22. The van der Waals surface area contributed by atoms with E-state index in [4.69, 9.17) is 4.74 Å². The minimum atomic E-state index is -3.61. The summed E-state index contributed by atoms with van der Waals surface area (Å²) in [6.45, 7) is 9.74. The van der Waals surface area contributed by atoms with Crippen LogP contribution in [0, 0.1) is 6.92 Å². The number of hydrogen-bond donors (Lipinski definition) is 1. The number of nitrogens with one attached hydrogen (secondary N) is 1. The molecule has 0 aliphatic carbocycles. The number of hydrogen-bond acceptors (Lipinski definition) is 5. The number of ether oxygens (including phenoxy) is 1. The molecule has 36 heavy (non-hydrogen) atoms. The SMILES string of the molecule is COc1ccccc1N(CCCC(=O)N(Cc1cccc(C)c1)[C@@H](C)C(=O)NC(C)(C)C)S(C)(=O)=O. The number of anilines is 1. The van der Waals surface area contributed by atoms with Crippen molar-refractivity contribution in [3.05, 3.63) is 59.7 Å². The topological polar surface area (TPSA) is 96.0 Å². The number of sulfonamides is 1. The Kier molecular flexibility index (Phi) is 9.93. The van der Waals surface area contributed by atoms with Crippen molar-refractivity contribution in [1.82, 2.24) is 10.2 Å². The van der Waals surface area contributed by atoms with Crippen LogP contribution in [0.4, 0.5) is 5.69 Å². The summed E-state index contributed by atoms with van der Waals surface area (Å²) in [5, 5.41) is 2.95. The van der Waals surface area contributed by atoms with Crippen LogP contribution in [-0.2, 0) is 26.2 Å². The van der Waals surface area contributed by atoms with Crippen molar-refractivity contribution in [3.8, 4) is 5.75 Å². The van der Waals surface area contributed by atoms with Gasteiger partial charge < -0.3 is 15.0 Å². The Morgan fingerprint density at radius 2 is 1.75 bits per heavy atom. The molecule has 1 N–H and O–H groups in total. The number of benzene rings is 2. The number of carbonyl (C=O) groups is 2. The van der Waals surface area contributed by atoms with Crippen molar-refractivity contribution in [2.45, 2.75) is 65.6 Å². The smallest absolute Gasteiger partial charge is 0.242 e. The van der Waals surface area contributed by atoms with Gasteiger partial charge in [0.05, 0.1) is 19.1 Å². The van der Waals surface area contributed by atoms with Crippen LogP contribution in [-0.4, -0.2) is 56.6 Å². The van der Waals surface area contributed by atoms with Gasteiger partial charge in [0.25, 0.3) is 0 Å². The molecule has 0 saturated heterocycles. The summed E-state index contributed by atoms with van der Waals surface area (Å²) in [4.78, 5) is 27.9. The highest BCUT2D eigenvalue weighted by molar-refractivity contribution is 7.92. The van der Waals surface area contributed by atoms with E-state index in [1.165, 1.54) is 11.4 Å². The Hall–Kier alpha value is -3.07. The zero-order valence-corrected chi connectivity index (χ0v) is 23.2. The van der Waals surface area contributed by atoms with Gasteiger partial charge in [0.15, 0.2) is 0 Å². The van der Waals surface area contributed by atoms with Crippen LogP contribution in [0.5, 0.6) is 5.75 Å². The van der Waals surface area contributed by atoms with E-state index in [2.05, 4.69) is 5.32 Å². The number of rotatable bonds is 11. The maximum atomic E-state index is 13.4. The van der Waals surface area contributed by atoms with Crippen molar-refractivity contribution in [3.63, 3.8) is 0 Å². The molecule has 0 aliphatic rings. The molecule has 2 rings (SSSR count). The van der Waals surface area contributed by atoms with E-state index in [0.29, 0.717) is 11.4 Å². The van der Waals surface area contributed by atoms with Crippen LogP contribution in [0.1, 0.15) is 51.7 Å². The molecule has 9 heteroatoms. The lowest BCUT2D eigenvalue weighted by Crippen LogP contribution is -2.52. The lowest BCUT2D eigenvalue weighted by molar-refractivity contribution is -0.141. The fourth-order valence-electron chi connectivity index (χ4n) is 3.88. The van der Waals surface area contributed by atoms with E-state index >= 15 is 0 Å². The summed E-state index contributed by atoms with van der Waals surface area (Å²) < 4.78 is 31.7. The highest BCUT2D eigenvalue weighted by atomic mass is 32.2. The first-order valence-electron chi connectivity index (χ1n) is 12.0. The third kappa shape index (κ3) is 8.55. The monoisotopic (exact) mass is 517 g/mol. The summed E-state index contributed by atoms with van der Waals surface area (Å²) in [6.07, 6.45) is 1.49. The van der Waals surface area contributed by atoms with Gasteiger partial charge in [-0.2, -0.15) is 0 Å². The number of amides is 2. The second-order valence-electron chi connectivity index (χ2n) is 10.0. The van der Waals surface area contributed by atoms with Gasteiger partial charge in [0, 0.05) is 25.0 Å². The van der Waals surface area contributed by atoms with Gasteiger partial charge in [-0.1, -0.05) is 42.0 Å². The molecule has 0 fully saturated rings. The molecule has 0 aliphatic heterocycles. The third-order valence-corrected chi connectivity index (χ3v) is 6.79. The zero-order chi connectivity index (χ0) is 27.1. The molecule has 0 aromatic heterocycles. The molecule has 0 unspecified atom stereocenters. The maximum Gasteiger partial charge on any atom is 0.242 e. The molecular formula is C27H39N3O5S. The van der Waals surface area contributed by atoms with Gasteiger partial charge in [0.1, 0.15) is 11.8 Å². The molecule has 2 aromatic rings. The van der Waals surface area contributed by atoms with Crippen molar-refractivity contribution in [2.75, 3.05) is 24.2 Å². The normalized spacial score (nSPS) is 12.5. The Morgan fingerprint density at radius 3 is 2.33 bits per heavy atom. The third-order valence-electron chi connectivity index (χ3n) is 5.61. The standard InChI is InChI=1S/C27H39N3O5S/c1-20-12-10-13-22(18-20)19-29(21(2)26(32)28-27(3,4)5)25(31)16-11-17-30(36(7,33)34)23-14-8-9-15-24(23)35-6/h8-10,12-15,18,21H,11,16-17,19H2,1-7H3,(H,28,32)/t21-/m0/s1. The van der Waals surface area contributed by atoms with Crippen LogP contribution in [0.15, 0.2) is 48.5 Å². The molecule has 198 valence electrons. The minimum absolute atomic E-state index is 0.0835. The van der Waals surface area contributed by atoms with Gasteiger partial charge in [-0.3, -0.25) is 13.9 Å². The van der Waals surface area contributed by atoms with Crippen molar-refractivity contribution in [2.24, 2.45) is 0 Å². The predicted molar refractivity (Wildman–Crippen MR) is 144 cm³/mol. The van der Waals surface area contributed by atoms with Crippen LogP contribution in [0.3, 0.4) is 0 Å². The van der Waals surface area contributed by atoms with Crippen molar-refractivity contribution in [1.29, 1.82) is 0 Å². The molecule has 0 radical (unpaired) electrons. The Labute approximate surface area is 215 Å². The van der Waals surface area contributed by atoms with Gasteiger partial charge in [-0.15, -0.1) is 0 Å². The number of methoxy groups -OCH3 is 1. The second kappa shape index (κ2) is 12.3. The van der Waals surface area contributed by atoms with E-state index in [9.17, 15) is 18.0 Å². The van der Waals surface area contributed by atoms with E-state index in [1.807, 2.05) is 52.0 Å². The lowest BCUT2D eigenvalue weighted by atomic mass is 10.1. The van der Waals surface area contributed by atoms with Gasteiger partial charge in [-0.25, -0.2) is 8.42 Å². The first-order chi connectivity index (χ1) is 16.7. The molecule has 1 atom stereocenters. The summed E-state index contributed by atoms with van der Waals surface area (Å²) >= 11 is 0. The quantitative estimate of drug-likeness (QED) is 0.488. The Morgan fingerprint density at radius 1 is 1.08 bits per heavy atom. The fraction of sp³-hybridized carbons (Fsp3) is 0.481. The Bertz CT molecular complexity index is 1160. The van der Waals surface area contributed by atoms with Crippen molar-refractivity contribution < 1.29 is 22.7 Å². The minimum Gasteiger partial charge on any atom is -0.495 e. The number of nitrogens with zero attached hydrogens (tertiary/aromatic N) is 2. The lowest BCUT2D eigenvalue weighted by Gasteiger charge is -2.32. The zero-order valence-electron chi connectivity index (χ0n) is 22.4. The molecule has 0 heterocycles. The van der Waals surface area contributed by atoms with Gasteiger partial charge in [0.2, 0.25) is 21.8 Å². The van der Waals surface area contributed by atoms with E-state index in [-0.39, 0.29) is 37.7 Å². The van der Waals surface area contributed by atoms with Crippen molar-refractivity contribution >= 4 is 27.5 Å². The van der Waals surface area contributed by atoms with E-state index in [0.717, 1.165) is 17.4 Å². The summed E-state index contributed by atoms with van der Waals surface area (Å²) in [5.74, 6) is -0.0281. The highest BCUT2D eigenvalue weighted by Gasteiger charge is 2.29. The van der Waals surface area contributed by atoms with Crippen LogP contribution in [0.25, 0.3) is 0 Å². The molecule has 0 spiro atoms. The average molecular weight is 518 g/mol. The van der Waals surface area contributed by atoms with Crippen LogP contribution < -0.4 is 14.4 Å². The summed E-state index contributed by atoms with van der Waals surface area (Å²) in [5.41, 5.74) is 1.97. The van der Waals surface area contributed by atoms with E-state index < -0.39 is 21.6 Å². The fourth-order valence-corrected chi connectivity index (χ4v) is 4.85. The second-order valence-corrected chi connectivity index (χ2v) is 11.9. The maximum absolute atomic E-state index is 13.4. The highest BCUT2D eigenvalue weighted by Crippen LogP contribution is 2.29.